The summed E-state index contributed by atoms with van der Waals surface area (Å²) in [6.07, 6.45) is 0. The number of aromatic nitrogens is 2. The van der Waals surface area contributed by atoms with Crippen LogP contribution < -0.4 is 15.1 Å². The highest BCUT2D eigenvalue weighted by atomic mass is 32.1. The third-order valence-corrected chi connectivity index (χ3v) is 5.70. The summed E-state index contributed by atoms with van der Waals surface area (Å²) in [7, 11) is 1.58. The summed E-state index contributed by atoms with van der Waals surface area (Å²) in [5, 5.41) is 8.77. The molecule has 29 heavy (non-hydrogen) atoms. The van der Waals surface area contributed by atoms with Crippen molar-refractivity contribution in [3.63, 3.8) is 0 Å². The number of anilines is 1. The Morgan fingerprint density at radius 1 is 1.14 bits per heavy atom. The quantitative estimate of drug-likeness (QED) is 0.517. The predicted octanol–water partition coefficient (Wildman–Crippen LogP) is 3.71. The third-order valence-electron chi connectivity index (χ3n) is 5.01. The second kappa shape index (κ2) is 6.52. The molecule has 144 valence electrons. The molecule has 1 amide bonds. The molecule has 8 heteroatoms. The Labute approximate surface area is 169 Å². The standard InChI is InChI=1S/C21H15N3O4S/c1-11-3-8-15-14(9-11)18(25)16-17(12-4-6-13(27-2)7-5-12)24(20(26)19(16)28-15)21-23-22-10-29-21/h3-10,17H,1-2H3. The number of rotatable bonds is 3. The molecule has 2 aromatic carbocycles. The molecule has 0 saturated carbocycles. The minimum absolute atomic E-state index is 0.0439. The first-order valence-corrected chi connectivity index (χ1v) is 9.77. The first-order chi connectivity index (χ1) is 14.1. The van der Waals surface area contributed by atoms with Crippen molar-refractivity contribution in [2.45, 2.75) is 13.0 Å². The molecule has 1 aliphatic heterocycles. The topological polar surface area (TPSA) is 85.5 Å². The molecule has 1 unspecified atom stereocenters. The number of hydrogen-bond donors (Lipinski definition) is 0. The molecule has 0 spiro atoms. The average Bonchev–Trinajstić information content (AvgIpc) is 3.35. The summed E-state index contributed by atoms with van der Waals surface area (Å²) in [6.45, 7) is 1.91. The summed E-state index contributed by atoms with van der Waals surface area (Å²) < 4.78 is 11.2. The summed E-state index contributed by atoms with van der Waals surface area (Å²) in [5.74, 6) is 0.321. The van der Waals surface area contributed by atoms with Crippen LogP contribution in [0.4, 0.5) is 5.13 Å². The number of ether oxygens (including phenoxy) is 1. The van der Waals surface area contributed by atoms with Gasteiger partial charge in [0.2, 0.25) is 10.9 Å². The van der Waals surface area contributed by atoms with Crippen molar-refractivity contribution >= 4 is 33.3 Å². The lowest BCUT2D eigenvalue weighted by Gasteiger charge is -2.22. The van der Waals surface area contributed by atoms with E-state index in [0.717, 1.165) is 11.1 Å². The van der Waals surface area contributed by atoms with Crippen molar-refractivity contribution in [1.82, 2.24) is 10.2 Å². The lowest BCUT2D eigenvalue weighted by Crippen LogP contribution is -2.29. The van der Waals surface area contributed by atoms with Gasteiger partial charge in [0.15, 0.2) is 5.43 Å². The molecule has 0 bridgehead atoms. The molecule has 7 nitrogen and oxygen atoms in total. The fourth-order valence-electron chi connectivity index (χ4n) is 3.66. The SMILES string of the molecule is COc1ccc(C2c3c(oc4ccc(C)cc4c3=O)C(=O)N2c2nncs2)cc1. The van der Waals surface area contributed by atoms with Crippen LogP contribution in [-0.4, -0.2) is 23.2 Å². The Balaban J connectivity index is 1.80. The van der Waals surface area contributed by atoms with Crippen LogP contribution in [0.5, 0.6) is 5.75 Å². The molecule has 0 fully saturated rings. The Bertz CT molecular complexity index is 1300. The van der Waals surface area contributed by atoms with E-state index >= 15 is 0 Å². The second-order valence-corrected chi connectivity index (χ2v) is 7.56. The van der Waals surface area contributed by atoms with Gasteiger partial charge in [-0.2, -0.15) is 0 Å². The van der Waals surface area contributed by atoms with E-state index < -0.39 is 11.9 Å². The number of aryl methyl sites for hydroxylation is 1. The van der Waals surface area contributed by atoms with E-state index in [1.807, 2.05) is 25.1 Å². The van der Waals surface area contributed by atoms with E-state index in [9.17, 15) is 9.59 Å². The molecular formula is C21H15N3O4S. The maximum absolute atomic E-state index is 13.4. The van der Waals surface area contributed by atoms with Gasteiger partial charge in [-0.15, -0.1) is 10.2 Å². The Hall–Kier alpha value is -3.52. The van der Waals surface area contributed by atoms with Crippen molar-refractivity contribution in [1.29, 1.82) is 0 Å². The molecule has 5 rings (SSSR count). The van der Waals surface area contributed by atoms with Gasteiger partial charge in [-0.3, -0.25) is 14.5 Å². The maximum atomic E-state index is 13.4. The van der Waals surface area contributed by atoms with Gasteiger partial charge in [-0.25, -0.2) is 0 Å². The second-order valence-electron chi connectivity index (χ2n) is 6.75. The molecule has 0 aliphatic carbocycles. The van der Waals surface area contributed by atoms with Crippen LogP contribution in [-0.2, 0) is 0 Å². The Morgan fingerprint density at radius 2 is 1.93 bits per heavy atom. The number of hydrogen-bond acceptors (Lipinski definition) is 7. The number of carbonyl (C=O) groups excluding carboxylic acids is 1. The van der Waals surface area contributed by atoms with Crippen LogP contribution in [0.2, 0.25) is 0 Å². The van der Waals surface area contributed by atoms with Crippen molar-refractivity contribution in [3.05, 3.63) is 80.6 Å². The first kappa shape index (κ1) is 17.6. The number of carbonyl (C=O) groups is 1. The molecule has 0 N–H and O–H groups in total. The highest BCUT2D eigenvalue weighted by molar-refractivity contribution is 7.13. The van der Waals surface area contributed by atoms with Crippen LogP contribution in [0, 0.1) is 6.92 Å². The van der Waals surface area contributed by atoms with Crippen LogP contribution in [0.1, 0.15) is 33.3 Å². The predicted molar refractivity (Wildman–Crippen MR) is 109 cm³/mol. The van der Waals surface area contributed by atoms with Crippen molar-refractivity contribution in [2.75, 3.05) is 12.0 Å². The molecule has 0 radical (unpaired) electrons. The van der Waals surface area contributed by atoms with E-state index in [1.54, 1.807) is 36.9 Å². The average molecular weight is 405 g/mol. The van der Waals surface area contributed by atoms with Gasteiger partial charge < -0.3 is 9.15 Å². The zero-order chi connectivity index (χ0) is 20.1. The first-order valence-electron chi connectivity index (χ1n) is 8.89. The molecular weight excluding hydrogens is 390 g/mol. The summed E-state index contributed by atoms with van der Waals surface area (Å²) in [5.41, 5.74) is 3.73. The van der Waals surface area contributed by atoms with E-state index in [1.165, 1.54) is 16.2 Å². The fourth-order valence-corrected chi connectivity index (χ4v) is 4.24. The third kappa shape index (κ3) is 2.64. The molecule has 0 saturated heterocycles. The Kier molecular flexibility index (Phi) is 3.95. The molecule has 1 aliphatic rings. The van der Waals surface area contributed by atoms with Gasteiger partial charge in [-0.05, 0) is 36.8 Å². The Morgan fingerprint density at radius 3 is 2.62 bits per heavy atom. The minimum Gasteiger partial charge on any atom is -0.497 e. The zero-order valence-corrected chi connectivity index (χ0v) is 16.4. The maximum Gasteiger partial charge on any atom is 0.297 e. The van der Waals surface area contributed by atoms with Crippen molar-refractivity contribution in [2.24, 2.45) is 0 Å². The zero-order valence-electron chi connectivity index (χ0n) is 15.6. The van der Waals surface area contributed by atoms with Gasteiger partial charge >= 0.3 is 0 Å². The van der Waals surface area contributed by atoms with E-state index in [4.69, 9.17) is 9.15 Å². The highest BCUT2D eigenvalue weighted by Crippen LogP contribution is 2.41. The van der Waals surface area contributed by atoms with Gasteiger partial charge in [0.1, 0.15) is 16.8 Å². The molecule has 3 heterocycles. The van der Waals surface area contributed by atoms with Crippen molar-refractivity contribution in [3.8, 4) is 5.75 Å². The number of methoxy groups -OCH3 is 1. The van der Waals surface area contributed by atoms with Gasteiger partial charge in [-0.1, -0.05) is 35.1 Å². The van der Waals surface area contributed by atoms with E-state index in [-0.39, 0.29) is 11.2 Å². The highest BCUT2D eigenvalue weighted by Gasteiger charge is 2.44. The van der Waals surface area contributed by atoms with Crippen LogP contribution >= 0.6 is 11.3 Å². The number of nitrogens with zero attached hydrogens (tertiary/aromatic N) is 3. The van der Waals surface area contributed by atoms with Crippen molar-refractivity contribution < 1.29 is 13.9 Å². The van der Waals surface area contributed by atoms with Crippen LogP contribution in [0.25, 0.3) is 11.0 Å². The minimum atomic E-state index is -0.655. The summed E-state index contributed by atoms with van der Waals surface area (Å²) >= 11 is 1.23. The number of benzene rings is 2. The van der Waals surface area contributed by atoms with Crippen LogP contribution in [0.3, 0.4) is 0 Å². The summed E-state index contributed by atoms with van der Waals surface area (Å²) in [6, 6.07) is 11.9. The normalized spacial score (nSPS) is 15.7. The molecule has 4 aromatic rings. The summed E-state index contributed by atoms with van der Waals surface area (Å²) in [4.78, 5) is 28.2. The van der Waals surface area contributed by atoms with E-state index in [2.05, 4.69) is 10.2 Å². The fraction of sp³-hybridized carbons (Fsp3) is 0.143. The van der Waals surface area contributed by atoms with E-state index in [0.29, 0.717) is 27.4 Å². The number of amides is 1. The lowest BCUT2D eigenvalue weighted by atomic mass is 9.98. The lowest BCUT2D eigenvalue weighted by molar-refractivity contribution is 0.0970. The monoisotopic (exact) mass is 405 g/mol. The number of fused-ring (bicyclic) bond motifs is 2. The van der Waals surface area contributed by atoms with Gasteiger partial charge in [0, 0.05) is 0 Å². The molecule has 1 atom stereocenters. The largest absolute Gasteiger partial charge is 0.497 e. The van der Waals surface area contributed by atoms with Crippen LogP contribution in [0.15, 0.2) is 57.2 Å². The molecule has 2 aromatic heterocycles. The smallest absolute Gasteiger partial charge is 0.297 e. The van der Waals surface area contributed by atoms with Gasteiger partial charge in [0.05, 0.1) is 24.1 Å². The van der Waals surface area contributed by atoms with Gasteiger partial charge in [0.25, 0.3) is 5.91 Å².